The van der Waals surface area contributed by atoms with Crippen LogP contribution in [0.25, 0.3) is 11.3 Å². The third-order valence-corrected chi connectivity index (χ3v) is 2.31. The van der Waals surface area contributed by atoms with Gasteiger partial charge in [0.2, 0.25) is 0 Å². The topological polar surface area (TPSA) is 77.0 Å². The normalized spacial score (nSPS) is 10.6. The molecule has 1 heterocycles. The smallest absolute Gasteiger partial charge is 0.125 e. The van der Waals surface area contributed by atoms with Crippen molar-refractivity contribution in [1.29, 1.82) is 0 Å². The summed E-state index contributed by atoms with van der Waals surface area (Å²) in [6.45, 7) is 1.38. The second-order valence-corrected chi connectivity index (χ2v) is 3.53. The van der Waals surface area contributed by atoms with Crippen LogP contribution in [0.15, 0.2) is 30.5 Å². The molecule has 0 amide bonds. The van der Waals surface area contributed by atoms with E-state index in [4.69, 9.17) is 5.73 Å². The second kappa shape index (κ2) is 4.76. The largest absolute Gasteiger partial charge is 0.507 e. The molecule has 1 aromatic heterocycles. The summed E-state index contributed by atoms with van der Waals surface area (Å²) in [6.07, 6.45) is 2.67. The van der Waals surface area contributed by atoms with Crippen molar-refractivity contribution < 1.29 is 5.11 Å². The van der Waals surface area contributed by atoms with E-state index in [0.29, 0.717) is 17.8 Å². The molecule has 0 aliphatic carbocycles. The quantitative estimate of drug-likeness (QED) is 0.802. The van der Waals surface area contributed by atoms with Crippen LogP contribution in [0.1, 0.15) is 6.42 Å². The van der Waals surface area contributed by atoms with Gasteiger partial charge in [0.05, 0.1) is 6.20 Å². The van der Waals surface area contributed by atoms with Crippen molar-refractivity contribution in [1.82, 2.24) is 15.0 Å². The molecule has 0 saturated heterocycles. The van der Waals surface area contributed by atoms with Gasteiger partial charge in [0.15, 0.2) is 0 Å². The first-order valence-corrected chi connectivity index (χ1v) is 5.20. The Hall–Kier alpha value is -1.88. The monoisotopic (exact) mass is 218 g/mol. The molecule has 0 atom stereocenters. The van der Waals surface area contributed by atoms with Gasteiger partial charge in [-0.05, 0) is 25.1 Å². The van der Waals surface area contributed by atoms with E-state index in [1.807, 2.05) is 18.3 Å². The Bertz CT molecular complexity index is 467. The molecular formula is C11H14N4O. The summed E-state index contributed by atoms with van der Waals surface area (Å²) in [5.41, 5.74) is 6.79. The predicted octanol–water partition coefficient (Wildman–Crippen LogP) is 0.999. The van der Waals surface area contributed by atoms with Crippen LogP contribution in [-0.4, -0.2) is 26.6 Å². The number of para-hydroxylation sites is 1. The van der Waals surface area contributed by atoms with E-state index in [1.165, 1.54) is 0 Å². The average Bonchev–Trinajstić information content (AvgIpc) is 2.75. The van der Waals surface area contributed by atoms with Crippen LogP contribution in [-0.2, 0) is 6.54 Å². The molecule has 84 valence electrons. The van der Waals surface area contributed by atoms with E-state index >= 15 is 0 Å². The first-order valence-electron chi connectivity index (χ1n) is 5.20. The molecule has 0 unspecified atom stereocenters. The lowest BCUT2D eigenvalue weighted by atomic mass is 10.1. The summed E-state index contributed by atoms with van der Waals surface area (Å²) >= 11 is 0. The maximum absolute atomic E-state index is 9.65. The minimum Gasteiger partial charge on any atom is -0.507 e. The number of hydrogen-bond donors (Lipinski definition) is 2. The summed E-state index contributed by atoms with van der Waals surface area (Å²) in [7, 11) is 0. The van der Waals surface area contributed by atoms with E-state index in [-0.39, 0.29) is 5.75 Å². The first-order chi connectivity index (χ1) is 7.81. The lowest BCUT2D eigenvalue weighted by molar-refractivity contribution is 0.477. The van der Waals surface area contributed by atoms with Crippen molar-refractivity contribution in [3.8, 4) is 17.0 Å². The van der Waals surface area contributed by atoms with Crippen LogP contribution >= 0.6 is 0 Å². The van der Waals surface area contributed by atoms with Gasteiger partial charge in [0, 0.05) is 12.1 Å². The Labute approximate surface area is 93.5 Å². The van der Waals surface area contributed by atoms with E-state index in [1.54, 1.807) is 16.8 Å². The number of phenols is 1. The van der Waals surface area contributed by atoms with E-state index in [9.17, 15) is 5.11 Å². The number of aromatic nitrogens is 3. The minimum atomic E-state index is 0.216. The Kier molecular flexibility index (Phi) is 3.16. The van der Waals surface area contributed by atoms with Gasteiger partial charge in [-0.1, -0.05) is 17.3 Å². The van der Waals surface area contributed by atoms with E-state index in [2.05, 4.69) is 10.3 Å². The highest BCUT2D eigenvalue weighted by atomic mass is 16.3. The summed E-state index contributed by atoms with van der Waals surface area (Å²) in [6, 6.07) is 7.08. The van der Waals surface area contributed by atoms with E-state index in [0.717, 1.165) is 13.0 Å². The van der Waals surface area contributed by atoms with Crippen LogP contribution in [0.3, 0.4) is 0 Å². The Morgan fingerprint density at radius 3 is 2.88 bits per heavy atom. The van der Waals surface area contributed by atoms with Crippen LogP contribution < -0.4 is 5.73 Å². The number of nitrogens with zero attached hydrogens (tertiary/aromatic N) is 3. The van der Waals surface area contributed by atoms with E-state index < -0.39 is 0 Å². The molecule has 0 spiro atoms. The molecule has 2 rings (SSSR count). The highest BCUT2D eigenvalue weighted by molar-refractivity contribution is 5.65. The van der Waals surface area contributed by atoms with Crippen molar-refractivity contribution in [2.75, 3.05) is 6.54 Å². The predicted molar refractivity (Wildman–Crippen MR) is 60.8 cm³/mol. The summed E-state index contributed by atoms with van der Waals surface area (Å²) in [5.74, 6) is 0.216. The molecule has 0 bridgehead atoms. The lowest BCUT2D eigenvalue weighted by Gasteiger charge is -1.98. The first kappa shape index (κ1) is 10.6. The van der Waals surface area contributed by atoms with Gasteiger partial charge in [0.25, 0.3) is 0 Å². The molecule has 2 aromatic rings. The van der Waals surface area contributed by atoms with Gasteiger partial charge in [-0.2, -0.15) is 0 Å². The highest BCUT2D eigenvalue weighted by Crippen LogP contribution is 2.26. The highest BCUT2D eigenvalue weighted by Gasteiger charge is 2.07. The lowest BCUT2D eigenvalue weighted by Crippen LogP contribution is -2.06. The number of aromatic hydroxyl groups is 1. The van der Waals surface area contributed by atoms with Crippen LogP contribution in [0, 0.1) is 0 Å². The molecule has 1 aromatic carbocycles. The van der Waals surface area contributed by atoms with Gasteiger partial charge < -0.3 is 10.8 Å². The zero-order valence-corrected chi connectivity index (χ0v) is 8.87. The van der Waals surface area contributed by atoms with Crippen molar-refractivity contribution in [2.45, 2.75) is 13.0 Å². The number of nitrogens with two attached hydrogens (primary N) is 1. The molecule has 5 nitrogen and oxygen atoms in total. The maximum atomic E-state index is 9.65. The van der Waals surface area contributed by atoms with Gasteiger partial charge in [-0.15, -0.1) is 5.10 Å². The zero-order valence-electron chi connectivity index (χ0n) is 8.87. The van der Waals surface area contributed by atoms with Gasteiger partial charge in [-0.3, -0.25) is 4.68 Å². The Balaban J connectivity index is 2.22. The summed E-state index contributed by atoms with van der Waals surface area (Å²) < 4.78 is 1.73. The molecule has 16 heavy (non-hydrogen) atoms. The van der Waals surface area contributed by atoms with Crippen LogP contribution in [0.5, 0.6) is 5.75 Å². The maximum Gasteiger partial charge on any atom is 0.125 e. The zero-order chi connectivity index (χ0) is 11.4. The fourth-order valence-electron chi connectivity index (χ4n) is 1.47. The molecule has 0 saturated carbocycles. The molecule has 0 aliphatic heterocycles. The number of aryl methyl sites for hydroxylation is 1. The number of benzene rings is 1. The summed E-state index contributed by atoms with van der Waals surface area (Å²) in [4.78, 5) is 0. The van der Waals surface area contributed by atoms with Gasteiger partial charge >= 0.3 is 0 Å². The second-order valence-electron chi connectivity index (χ2n) is 3.53. The minimum absolute atomic E-state index is 0.216. The van der Waals surface area contributed by atoms with Crippen molar-refractivity contribution >= 4 is 0 Å². The number of rotatable bonds is 4. The molecule has 5 heteroatoms. The van der Waals surface area contributed by atoms with Crippen LogP contribution in [0.2, 0.25) is 0 Å². The number of phenolic OH excluding ortho intramolecular Hbond substituents is 1. The van der Waals surface area contributed by atoms with Crippen molar-refractivity contribution in [2.24, 2.45) is 5.73 Å². The Morgan fingerprint density at radius 1 is 1.31 bits per heavy atom. The third kappa shape index (κ3) is 2.20. The summed E-state index contributed by atoms with van der Waals surface area (Å²) in [5, 5.41) is 17.6. The van der Waals surface area contributed by atoms with Gasteiger partial charge in [0.1, 0.15) is 11.4 Å². The molecule has 0 fully saturated rings. The SMILES string of the molecule is NCCCn1cc(-c2ccccc2O)nn1. The van der Waals surface area contributed by atoms with Crippen LogP contribution in [0.4, 0.5) is 0 Å². The molecule has 0 aliphatic rings. The van der Waals surface area contributed by atoms with Crippen molar-refractivity contribution in [3.63, 3.8) is 0 Å². The van der Waals surface area contributed by atoms with Crippen molar-refractivity contribution in [3.05, 3.63) is 30.5 Å². The molecule has 0 radical (unpaired) electrons. The fourth-order valence-corrected chi connectivity index (χ4v) is 1.47. The number of hydrogen-bond acceptors (Lipinski definition) is 4. The standard InChI is InChI=1S/C11H14N4O/c12-6-3-7-15-8-10(13-14-15)9-4-1-2-5-11(9)16/h1-2,4-5,8,16H,3,6-7,12H2. The molecular weight excluding hydrogens is 204 g/mol. The fraction of sp³-hybridized carbons (Fsp3) is 0.273. The van der Waals surface area contributed by atoms with Gasteiger partial charge in [-0.25, -0.2) is 0 Å². The third-order valence-electron chi connectivity index (χ3n) is 2.31. The Morgan fingerprint density at radius 2 is 2.12 bits per heavy atom. The average molecular weight is 218 g/mol. The molecule has 3 N–H and O–H groups in total.